The van der Waals surface area contributed by atoms with Gasteiger partial charge in [0.2, 0.25) is 0 Å². The Balaban J connectivity index is 3.10. The lowest BCUT2D eigenvalue weighted by Crippen LogP contribution is -2.37. The van der Waals surface area contributed by atoms with Crippen LogP contribution >= 0.6 is 22.6 Å². The SMILES string of the molecule is CC(N)(CO)c1ccccc1I. The van der Waals surface area contributed by atoms with Gasteiger partial charge in [0.05, 0.1) is 12.1 Å². The third-order valence-electron chi connectivity index (χ3n) is 1.82. The van der Waals surface area contributed by atoms with Crippen molar-refractivity contribution in [1.29, 1.82) is 0 Å². The van der Waals surface area contributed by atoms with Crippen molar-refractivity contribution >= 4 is 22.6 Å². The molecule has 0 bridgehead atoms. The summed E-state index contributed by atoms with van der Waals surface area (Å²) in [6.07, 6.45) is 0. The summed E-state index contributed by atoms with van der Waals surface area (Å²) in [4.78, 5) is 0. The number of aliphatic hydroxyl groups excluding tert-OH is 1. The summed E-state index contributed by atoms with van der Waals surface area (Å²) in [6, 6.07) is 7.81. The molecule has 1 atom stereocenters. The van der Waals surface area contributed by atoms with Crippen LogP contribution in [-0.2, 0) is 5.54 Å². The van der Waals surface area contributed by atoms with Crippen LogP contribution in [0.3, 0.4) is 0 Å². The second kappa shape index (κ2) is 3.72. The minimum absolute atomic E-state index is 0.0347. The normalized spacial score (nSPS) is 15.7. The molecule has 66 valence electrons. The molecule has 0 amide bonds. The monoisotopic (exact) mass is 277 g/mol. The lowest BCUT2D eigenvalue weighted by Gasteiger charge is -2.23. The Hall–Kier alpha value is -0.130. The van der Waals surface area contributed by atoms with Crippen molar-refractivity contribution in [2.24, 2.45) is 5.73 Å². The lowest BCUT2D eigenvalue weighted by molar-refractivity contribution is 0.209. The molecule has 0 heterocycles. The number of hydrogen-bond donors (Lipinski definition) is 2. The first-order valence-electron chi connectivity index (χ1n) is 3.72. The van der Waals surface area contributed by atoms with Crippen molar-refractivity contribution in [3.8, 4) is 0 Å². The zero-order valence-electron chi connectivity index (χ0n) is 6.92. The van der Waals surface area contributed by atoms with Crippen LogP contribution in [0.2, 0.25) is 0 Å². The molecule has 1 aromatic carbocycles. The number of hydrogen-bond acceptors (Lipinski definition) is 2. The van der Waals surface area contributed by atoms with Crippen LogP contribution in [0, 0.1) is 3.57 Å². The molecule has 0 radical (unpaired) electrons. The van der Waals surface area contributed by atoms with Crippen LogP contribution in [0.4, 0.5) is 0 Å². The van der Waals surface area contributed by atoms with Crippen LogP contribution in [0.1, 0.15) is 12.5 Å². The van der Waals surface area contributed by atoms with Gasteiger partial charge in [-0.1, -0.05) is 18.2 Å². The molecule has 0 aliphatic rings. The molecule has 1 rings (SSSR count). The standard InChI is InChI=1S/C9H12INO/c1-9(11,6-12)7-4-2-3-5-8(7)10/h2-5,12H,6,11H2,1H3. The zero-order chi connectivity index (χ0) is 9.19. The predicted octanol–water partition coefficient (Wildman–Crippen LogP) is 1.46. The Kier molecular flexibility index (Phi) is 3.09. The van der Waals surface area contributed by atoms with E-state index < -0.39 is 5.54 Å². The maximum absolute atomic E-state index is 9.04. The van der Waals surface area contributed by atoms with E-state index in [1.807, 2.05) is 31.2 Å². The van der Waals surface area contributed by atoms with E-state index in [1.54, 1.807) is 0 Å². The molecule has 0 aliphatic carbocycles. The topological polar surface area (TPSA) is 46.2 Å². The van der Waals surface area contributed by atoms with Crippen LogP contribution in [0.15, 0.2) is 24.3 Å². The summed E-state index contributed by atoms with van der Waals surface area (Å²) in [7, 11) is 0. The van der Waals surface area contributed by atoms with Crippen LogP contribution in [0.25, 0.3) is 0 Å². The Morgan fingerprint density at radius 2 is 2.08 bits per heavy atom. The highest BCUT2D eigenvalue weighted by Crippen LogP contribution is 2.22. The number of nitrogens with two attached hydrogens (primary N) is 1. The zero-order valence-corrected chi connectivity index (χ0v) is 9.08. The Labute approximate surface area is 85.9 Å². The van der Waals surface area contributed by atoms with E-state index in [9.17, 15) is 0 Å². The minimum Gasteiger partial charge on any atom is -0.394 e. The molecule has 0 aliphatic heterocycles. The fraction of sp³-hybridized carbons (Fsp3) is 0.333. The van der Waals surface area contributed by atoms with E-state index in [4.69, 9.17) is 10.8 Å². The highest BCUT2D eigenvalue weighted by Gasteiger charge is 2.21. The molecule has 12 heavy (non-hydrogen) atoms. The second-order valence-corrected chi connectivity index (χ2v) is 4.22. The van der Waals surface area contributed by atoms with E-state index in [0.29, 0.717) is 0 Å². The van der Waals surface area contributed by atoms with E-state index >= 15 is 0 Å². The van der Waals surface area contributed by atoms with Crippen molar-refractivity contribution < 1.29 is 5.11 Å². The predicted molar refractivity (Wildman–Crippen MR) is 57.8 cm³/mol. The smallest absolute Gasteiger partial charge is 0.0650 e. The number of rotatable bonds is 2. The summed E-state index contributed by atoms with van der Waals surface area (Å²) in [5.74, 6) is 0. The molecule has 0 fully saturated rings. The van der Waals surface area contributed by atoms with Gasteiger partial charge in [0.1, 0.15) is 0 Å². The van der Waals surface area contributed by atoms with Crippen molar-refractivity contribution in [2.45, 2.75) is 12.5 Å². The van der Waals surface area contributed by atoms with Gasteiger partial charge < -0.3 is 10.8 Å². The molecule has 0 aromatic heterocycles. The second-order valence-electron chi connectivity index (χ2n) is 3.06. The van der Waals surface area contributed by atoms with Crippen molar-refractivity contribution in [3.05, 3.63) is 33.4 Å². The summed E-state index contributed by atoms with van der Waals surface area (Å²) >= 11 is 2.22. The molecule has 2 nitrogen and oxygen atoms in total. The van der Waals surface area contributed by atoms with Gasteiger partial charge in [0.15, 0.2) is 0 Å². The molecule has 0 saturated heterocycles. The highest BCUT2D eigenvalue weighted by molar-refractivity contribution is 14.1. The van der Waals surface area contributed by atoms with E-state index in [-0.39, 0.29) is 6.61 Å². The van der Waals surface area contributed by atoms with Crippen LogP contribution in [-0.4, -0.2) is 11.7 Å². The fourth-order valence-electron chi connectivity index (χ4n) is 1.01. The Morgan fingerprint density at radius 1 is 1.50 bits per heavy atom. The molecule has 3 N–H and O–H groups in total. The first kappa shape index (κ1) is 9.95. The van der Waals surface area contributed by atoms with Gasteiger partial charge in [0, 0.05) is 3.57 Å². The largest absolute Gasteiger partial charge is 0.394 e. The van der Waals surface area contributed by atoms with Gasteiger partial charge >= 0.3 is 0 Å². The summed E-state index contributed by atoms with van der Waals surface area (Å²) in [5.41, 5.74) is 6.25. The van der Waals surface area contributed by atoms with Crippen molar-refractivity contribution in [3.63, 3.8) is 0 Å². The van der Waals surface area contributed by atoms with Crippen LogP contribution in [0.5, 0.6) is 0 Å². The molecule has 1 unspecified atom stereocenters. The summed E-state index contributed by atoms with van der Waals surface area (Å²) in [6.45, 7) is 1.79. The molecule has 1 aromatic rings. The molecular formula is C9H12INO. The molecular weight excluding hydrogens is 265 g/mol. The third-order valence-corrected chi connectivity index (χ3v) is 2.76. The number of halogens is 1. The summed E-state index contributed by atoms with van der Waals surface area (Å²) < 4.78 is 1.09. The molecule has 0 saturated carbocycles. The van der Waals surface area contributed by atoms with Gasteiger partial charge in [-0.2, -0.15) is 0 Å². The minimum atomic E-state index is -0.627. The Morgan fingerprint density at radius 3 is 2.58 bits per heavy atom. The molecule has 3 heteroatoms. The highest BCUT2D eigenvalue weighted by atomic mass is 127. The maximum atomic E-state index is 9.04. The molecule has 0 spiro atoms. The first-order chi connectivity index (χ1) is 5.58. The quantitative estimate of drug-likeness (QED) is 0.804. The van der Waals surface area contributed by atoms with E-state index in [0.717, 1.165) is 9.13 Å². The average molecular weight is 277 g/mol. The average Bonchev–Trinajstić information content (AvgIpc) is 2.05. The van der Waals surface area contributed by atoms with Gasteiger partial charge in [-0.3, -0.25) is 0 Å². The van der Waals surface area contributed by atoms with Crippen molar-refractivity contribution in [1.82, 2.24) is 0 Å². The number of aliphatic hydroxyl groups is 1. The van der Waals surface area contributed by atoms with Gasteiger partial charge in [0.25, 0.3) is 0 Å². The fourth-order valence-corrected chi connectivity index (χ4v) is 2.01. The Bertz CT molecular complexity index is 273. The third kappa shape index (κ3) is 1.97. The van der Waals surface area contributed by atoms with Gasteiger partial charge in [-0.15, -0.1) is 0 Å². The first-order valence-corrected chi connectivity index (χ1v) is 4.80. The van der Waals surface area contributed by atoms with Gasteiger partial charge in [-0.05, 0) is 41.1 Å². The number of benzene rings is 1. The summed E-state index contributed by atoms with van der Waals surface area (Å²) in [5, 5.41) is 9.04. The maximum Gasteiger partial charge on any atom is 0.0650 e. The van der Waals surface area contributed by atoms with E-state index in [1.165, 1.54) is 0 Å². The lowest BCUT2D eigenvalue weighted by atomic mass is 9.94. The van der Waals surface area contributed by atoms with E-state index in [2.05, 4.69) is 22.6 Å². The van der Waals surface area contributed by atoms with Crippen molar-refractivity contribution in [2.75, 3.05) is 6.61 Å². The van der Waals surface area contributed by atoms with Crippen LogP contribution < -0.4 is 5.73 Å². The van der Waals surface area contributed by atoms with Gasteiger partial charge in [-0.25, -0.2) is 0 Å².